The van der Waals surface area contributed by atoms with Crippen LogP contribution in [0.3, 0.4) is 0 Å². The van der Waals surface area contributed by atoms with E-state index in [0.29, 0.717) is 12.8 Å². The van der Waals surface area contributed by atoms with Gasteiger partial charge in [0.05, 0.1) is 12.3 Å². The largest absolute Gasteiger partial charge is 0.481 e. The molecule has 3 N–H and O–H groups in total. The number of aliphatic carboxylic acids is 2. The predicted molar refractivity (Wildman–Crippen MR) is 63.3 cm³/mol. The van der Waals surface area contributed by atoms with Gasteiger partial charge in [0, 0.05) is 5.92 Å². The average Bonchev–Trinajstić information content (AvgIpc) is 2.36. The summed E-state index contributed by atoms with van der Waals surface area (Å²) in [5, 5.41) is 19.2. The summed E-state index contributed by atoms with van der Waals surface area (Å²) in [5.41, 5.74) is 0. The summed E-state index contributed by atoms with van der Waals surface area (Å²) in [5.74, 6) is -7.28. The highest BCUT2D eigenvalue weighted by molar-refractivity contribution is 5.87. The number of nitrogens with one attached hydrogen (secondary N) is 1. The molecule has 0 bridgehead atoms. The molecular weight excluding hydrogens is 295 g/mol. The number of carbonyl (C=O) groups excluding carboxylic acids is 1. The highest BCUT2D eigenvalue weighted by Gasteiger charge is 2.48. The van der Waals surface area contributed by atoms with E-state index >= 15 is 0 Å². The second kappa shape index (κ2) is 6.77. The molecule has 0 heterocycles. The first kappa shape index (κ1) is 17.3. The van der Waals surface area contributed by atoms with Crippen LogP contribution < -0.4 is 5.32 Å². The normalized spacial score (nSPS) is 24.1. The van der Waals surface area contributed by atoms with E-state index in [9.17, 15) is 27.6 Å². The fraction of sp³-hybridized carbons (Fsp3) is 0.750. The number of carboxylic acids is 2. The van der Waals surface area contributed by atoms with Gasteiger partial charge in [-0.1, -0.05) is 12.8 Å². The van der Waals surface area contributed by atoms with Gasteiger partial charge >= 0.3 is 18.1 Å². The average molecular weight is 311 g/mol. The summed E-state index contributed by atoms with van der Waals surface area (Å²) in [4.78, 5) is 33.2. The summed E-state index contributed by atoms with van der Waals surface area (Å²) in [6, 6.07) is -1.73. The lowest BCUT2D eigenvalue weighted by atomic mass is 9.78. The van der Waals surface area contributed by atoms with Crippen LogP contribution in [0.25, 0.3) is 0 Å². The van der Waals surface area contributed by atoms with E-state index in [1.807, 2.05) is 5.32 Å². The lowest BCUT2D eigenvalue weighted by Gasteiger charge is -2.32. The van der Waals surface area contributed by atoms with Crippen LogP contribution in [0.2, 0.25) is 0 Å². The van der Waals surface area contributed by atoms with Crippen molar-refractivity contribution in [2.45, 2.75) is 44.3 Å². The lowest BCUT2D eigenvalue weighted by molar-refractivity contribution is -0.198. The molecule has 6 nitrogen and oxygen atoms in total. The quantitative estimate of drug-likeness (QED) is 0.712. The molecule has 3 atom stereocenters. The zero-order valence-corrected chi connectivity index (χ0v) is 11.0. The number of carbonyl (C=O) groups is 3. The van der Waals surface area contributed by atoms with Crippen molar-refractivity contribution in [1.82, 2.24) is 5.32 Å². The molecule has 1 fully saturated rings. The van der Waals surface area contributed by atoms with Crippen molar-refractivity contribution in [3.8, 4) is 0 Å². The van der Waals surface area contributed by atoms with Crippen LogP contribution in [0.15, 0.2) is 0 Å². The molecule has 1 saturated carbocycles. The Labute approximate surface area is 118 Å². The van der Waals surface area contributed by atoms with Crippen LogP contribution in [-0.2, 0) is 14.4 Å². The first-order valence-electron chi connectivity index (χ1n) is 6.44. The van der Waals surface area contributed by atoms with Gasteiger partial charge in [-0.3, -0.25) is 9.59 Å². The monoisotopic (exact) mass is 311 g/mol. The van der Waals surface area contributed by atoms with Gasteiger partial charge in [0.1, 0.15) is 6.04 Å². The Morgan fingerprint density at radius 3 is 2.19 bits per heavy atom. The fourth-order valence-electron chi connectivity index (χ4n) is 2.49. The van der Waals surface area contributed by atoms with Crippen LogP contribution in [0.4, 0.5) is 13.2 Å². The molecule has 21 heavy (non-hydrogen) atoms. The van der Waals surface area contributed by atoms with E-state index in [2.05, 4.69) is 0 Å². The summed E-state index contributed by atoms with van der Waals surface area (Å²) in [6.45, 7) is 0. The SMILES string of the molecule is O=C(O)C[C@H](NC(=O)C1CCCCC1C(F)(F)F)C(=O)O. The highest BCUT2D eigenvalue weighted by Crippen LogP contribution is 2.41. The third-order valence-electron chi connectivity index (χ3n) is 3.52. The molecule has 1 rings (SSSR count). The smallest absolute Gasteiger partial charge is 0.392 e. The number of amides is 1. The Morgan fingerprint density at radius 2 is 1.71 bits per heavy atom. The van der Waals surface area contributed by atoms with Crippen LogP contribution in [-0.4, -0.2) is 40.3 Å². The minimum absolute atomic E-state index is 0.00935. The third kappa shape index (κ3) is 4.91. The number of hydrogen-bond acceptors (Lipinski definition) is 3. The van der Waals surface area contributed by atoms with E-state index < -0.39 is 48.3 Å². The first-order chi connectivity index (χ1) is 9.62. The van der Waals surface area contributed by atoms with Crippen LogP contribution in [0, 0.1) is 11.8 Å². The molecule has 1 aliphatic rings. The fourth-order valence-corrected chi connectivity index (χ4v) is 2.49. The van der Waals surface area contributed by atoms with Crippen molar-refractivity contribution in [1.29, 1.82) is 0 Å². The second-order valence-electron chi connectivity index (χ2n) is 5.04. The van der Waals surface area contributed by atoms with Gasteiger partial charge in [-0.25, -0.2) is 4.79 Å². The maximum Gasteiger partial charge on any atom is 0.392 e. The molecule has 0 aromatic heterocycles. The van der Waals surface area contributed by atoms with E-state index in [4.69, 9.17) is 10.2 Å². The maximum absolute atomic E-state index is 12.9. The molecule has 0 spiro atoms. The van der Waals surface area contributed by atoms with Gasteiger partial charge in [-0.15, -0.1) is 0 Å². The zero-order chi connectivity index (χ0) is 16.2. The molecule has 0 aromatic rings. The van der Waals surface area contributed by atoms with E-state index in [-0.39, 0.29) is 12.8 Å². The Kier molecular flexibility index (Phi) is 5.56. The van der Waals surface area contributed by atoms with Crippen molar-refractivity contribution in [3.63, 3.8) is 0 Å². The van der Waals surface area contributed by atoms with Crippen molar-refractivity contribution in [2.75, 3.05) is 0 Å². The standard InChI is InChI=1S/C12H16F3NO5/c13-12(14,15)7-4-2-1-3-6(7)10(19)16-8(11(20)21)5-9(17)18/h6-8H,1-5H2,(H,16,19)(H,17,18)(H,20,21)/t6?,7?,8-/m0/s1. The number of carboxylic acid groups (broad SMARTS) is 2. The van der Waals surface area contributed by atoms with Gasteiger partial charge in [0.25, 0.3) is 0 Å². The molecule has 0 aliphatic heterocycles. The molecule has 0 radical (unpaired) electrons. The van der Waals surface area contributed by atoms with Crippen LogP contribution >= 0.6 is 0 Å². The Balaban J connectivity index is 2.79. The van der Waals surface area contributed by atoms with Gasteiger partial charge in [-0.2, -0.15) is 13.2 Å². The van der Waals surface area contributed by atoms with Crippen molar-refractivity contribution < 1.29 is 37.8 Å². The van der Waals surface area contributed by atoms with Crippen LogP contribution in [0.1, 0.15) is 32.1 Å². The summed E-state index contributed by atoms with van der Waals surface area (Å²) in [7, 11) is 0. The number of alkyl halides is 3. The topological polar surface area (TPSA) is 104 Å². The lowest BCUT2D eigenvalue weighted by Crippen LogP contribution is -2.49. The zero-order valence-electron chi connectivity index (χ0n) is 11.0. The van der Waals surface area contributed by atoms with E-state index in [1.165, 1.54) is 0 Å². The Bertz CT molecular complexity index is 424. The molecule has 1 amide bonds. The highest BCUT2D eigenvalue weighted by atomic mass is 19.4. The summed E-state index contributed by atoms with van der Waals surface area (Å²) < 4.78 is 38.6. The number of hydrogen-bond donors (Lipinski definition) is 3. The number of halogens is 3. The molecule has 120 valence electrons. The van der Waals surface area contributed by atoms with Crippen LogP contribution in [0.5, 0.6) is 0 Å². The molecule has 0 aromatic carbocycles. The summed E-state index contributed by atoms with van der Waals surface area (Å²) >= 11 is 0. The first-order valence-corrected chi connectivity index (χ1v) is 6.44. The molecule has 9 heteroatoms. The third-order valence-corrected chi connectivity index (χ3v) is 3.52. The van der Waals surface area contributed by atoms with Gasteiger partial charge in [0.15, 0.2) is 0 Å². The molecule has 1 aliphatic carbocycles. The van der Waals surface area contributed by atoms with Crippen molar-refractivity contribution in [3.05, 3.63) is 0 Å². The van der Waals surface area contributed by atoms with Gasteiger partial charge < -0.3 is 15.5 Å². The minimum Gasteiger partial charge on any atom is -0.481 e. The van der Waals surface area contributed by atoms with E-state index in [0.717, 1.165) is 0 Å². The Morgan fingerprint density at radius 1 is 1.14 bits per heavy atom. The predicted octanol–water partition coefficient (Wildman–Crippen LogP) is 1.40. The number of rotatable bonds is 5. The maximum atomic E-state index is 12.9. The minimum atomic E-state index is -4.53. The molecular formula is C12H16F3NO5. The summed E-state index contributed by atoms with van der Waals surface area (Å²) in [6.07, 6.45) is -4.79. The van der Waals surface area contributed by atoms with Crippen molar-refractivity contribution in [2.24, 2.45) is 11.8 Å². The van der Waals surface area contributed by atoms with Gasteiger partial charge in [-0.05, 0) is 12.8 Å². The van der Waals surface area contributed by atoms with Gasteiger partial charge in [0.2, 0.25) is 5.91 Å². The molecule has 2 unspecified atom stereocenters. The Hall–Kier alpha value is -1.80. The molecule has 0 saturated heterocycles. The second-order valence-corrected chi connectivity index (χ2v) is 5.04. The van der Waals surface area contributed by atoms with Crippen molar-refractivity contribution >= 4 is 17.8 Å². The van der Waals surface area contributed by atoms with E-state index in [1.54, 1.807) is 0 Å².